The monoisotopic (exact) mass is 1300 g/mol. The summed E-state index contributed by atoms with van der Waals surface area (Å²) in [5.41, 5.74) is 0. The van der Waals surface area contributed by atoms with Gasteiger partial charge in [0.1, 0.15) is 0 Å². The van der Waals surface area contributed by atoms with E-state index in [4.69, 9.17) is 15.3 Å². The quantitative estimate of drug-likeness (QED) is 0.125. The third kappa shape index (κ3) is 46.6. The van der Waals surface area contributed by atoms with Crippen LogP contribution in [0.1, 0.15) is 20.8 Å². The van der Waals surface area contributed by atoms with Gasteiger partial charge in [0, 0.05) is 196 Å². The summed E-state index contributed by atoms with van der Waals surface area (Å²) < 4.78 is 0. The summed E-state index contributed by atoms with van der Waals surface area (Å²) in [5.74, 6) is -3.08. The first kappa shape index (κ1) is 68.7. The van der Waals surface area contributed by atoms with Gasteiger partial charge < -0.3 is 44.4 Å². The van der Waals surface area contributed by atoms with Crippen molar-refractivity contribution < 1.29 is 254 Å². The zero-order valence-corrected chi connectivity index (χ0v) is 44.0. The van der Waals surface area contributed by atoms with Crippen molar-refractivity contribution >= 4 is 74.4 Å². The summed E-state index contributed by atoms with van der Waals surface area (Å²) in [5, 5.41) is 24.8. The van der Waals surface area contributed by atoms with Gasteiger partial charge in [-0.3, -0.25) is 14.4 Å². The maximum Gasteiger partial charge on any atom is 0 e. The van der Waals surface area contributed by atoms with Gasteiger partial charge in [0.25, 0.3) is 0 Å². The van der Waals surface area contributed by atoms with Crippen LogP contribution in [0.2, 0.25) is 0 Å². The molecule has 0 fully saturated rings. The maximum absolute atomic E-state index is 10.1. The predicted molar refractivity (Wildman–Crippen MR) is 120 cm³/mol. The number of carboxylic acid groups (broad SMARTS) is 3. The first-order chi connectivity index (χ1) is 13.7. The number of halogens is 3. The van der Waals surface area contributed by atoms with Crippen molar-refractivity contribution in [2.24, 2.45) is 0 Å². The third-order valence-electron chi connectivity index (χ3n) is 3.25. The fourth-order valence-corrected chi connectivity index (χ4v) is 0.734. The van der Waals surface area contributed by atoms with Crippen LogP contribution in [0, 0.1) is 0 Å². The van der Waals surface area contributed by atoms with Crippen molar-refractivity contribution in [1.82, 2.24) is 14.7 Å². The molecule has 6 radical (unpaired) electrons. The van der Waals surface area contributed by atoms with Gasteiger partial charge in [0.15, 0.2) is 0 Å². The van der Waals surface area contributed by atoms with E-state index < -0.39 is 36.0 Å². The average Bonchev–Trinajstić information content (AvgIpc) is 2.71. The molecule has 0 bridgehead atoms. The normalized spacial score (nSPS) is 9.78. The van der Waals surface area contributed by atoms with Crippen molar-refractivity contribution in [3.63, 3.8) is 0 Å². The molecular weight excluding hydrogens is 1280 g/mol. The number of carboxylic acids is 3. The number of amides is 3. The Bertz CT molecular complexity index is 493. The number of hydrogen-bond donors (Lipinski definition) is 3. The SMILES string of the molecule is CC(C(=O)O)N(C)[C-]=O.C[C@@H](C(=O)O)N(C)[C-]=O.C[C@H](C(=O)O)N(C)[C-]=O.I[I-]I.[Y].[Y].[Y].[Y].[Y].[Y]. The van der Waals surface area contributed by atoms with Crippen LogP contribution in [0.5, 0.6) is 0 Å². The second-order valence-electron chi connectivity index (χ2n) is 5.20. The van der Waals surface area contributed by atoms with E-state index >= 15 is 0 Å². The summed E-state index contributed by atoms with van der Waals surface area (Å²) in [7, 11) is 4.10. The maximum atomic E-state index is 10.1. The molecule has 0 saturated carbocycles. The Kier molecular flexibility index (Phi) is 90.8. The Morgan fingerprint density at radius 3 is 0.722 bits per heavy atom. The van der Waals surface area contributed by atoms with E-state index in [-0.39, 0.29) is 196 Å². The molecule has 21 heteroatoms. The van der Waals surface area contributed by atoms with Gasteiger partial charge in [-0.15, -0.1) is 0 Å². The fourth-order valence-electron chi connectivity index (χ4n) is 0.734. The van der Waals surface area contributed by atoms with E-state index in [9.17, 15) is 28.8 Å². The largest absolute Gasteiger partial charge is 0 e. The summed E-state index contributed by atoms with van der Waals surface area (Å²) >= 11 is 5.30. The van der Waals surface area contributed by atoms with E-state index in [1.165, 1.54) is 61.1 Å². The summed E-state index contributed by atoms with van der Waals surface area (Å²) in [6.45, 7) is 4.23. The van der Waals surface area contributed by atoms with Crippen molar-refractivity contribution in [2.75, 3.05) is 21.1 Å². The minimum absolute atomic E-state index is 0. The molecule has 12 nitrogen and oxygen atoms in total. The molecular formula is C15H24I3N3O9Y6-4. The average molecular weight is 1300 g/mol. The zero-order chi connectivity index (χ0) is 25.0. The van der Waals surface area contributed by atoms with E-state index in [0.29, 0.717) is 13.3 Å². The van der Waals surface area contributed by atoms with Crippen molar-refractivity contribution in [3.05, 3.63) is 0 Å². The number of hydrogen-bond acceptors (Lipinski definition) is 6. The zero-order valence-electron chi connectivity index (χ0n) is 20.5. The third-order valence-corrected chi connectivity index (χ3v) is 3.25. The molecule has 0 aliphatic rings. The van der Waals surface area contributed by atoms with Gasteiger partial charge in [0.05, 0.1) is 18.1 Å². The van der Waals surface area contributed by atoms with Gasteiger partial charge in [-0.25, -0.2) is 0 Å². The number of carbonyl (C=O) groups is 3. The Labute approximate surface area is 393 Å². The van der Waals surface area contributed by atoms with Crippen LogP contribution in [0.4, 0.5) is 0 Å². The smallest absolute Gasteiger partial charge is 0 e. The van der Waals surface area contributed by atoms with Crippen LogP contribution >= 0.6 is 37.2 Å². The molecule has 196 valence electrons. The standard InChI is InChI=1S/3C5H8NO3.I3.6Y/c3*1-4(5(8)9)6(2)3-7;1-3-2;;;;;;/h3*4H,1-2H3,(H,8,9);;;;;;;/q4*-1;;;;;;/t2*4-;;;;;;;;/m10......../s1. The van der Waals surface area contributed by atoms with Gasteiger partial charge >= 0.3 is 68.4 Å². The van der Waals surface area contributed by atoms with Gasteiger partial charge in [0.2, 0.25) is 0 Å². The molecule has 3 N–H and O–H groups in total. The topological polar surface area (TPSA) is 173 Å². The molecule has 3 amide bonds. The molecule has 0 saturated heterocycles. The van der Waals surface area contributed by atoms with Crippen LogP contribution in [0.25, 0.3) is 0 Å². The Morgan fingerprint density at radius 1 is 0.583 bits per heavy atom. The number of aliphatic carboxylic acids is 3. The molecule has 0 heterocycles. The van der Waals surface area contributed by atoms with Crippen LogP contribution in [-0.2, 0) is 225 Å². The minimum Gasteiger partial charge on any atom is 0 e. The van der Waals surface area contributed by atoms with Gasteiger partial charge in [-0.05, 0) is 41.9 Å². The van der Waals surface area contributed by atoms with E-state index in [1.807, 2.05) is 0 Å². The molecule has 0 spiro atoms. The van der Waals surface area contributed by atoms with Gasteiger partial charge in [-0.2, -0.15) is 19.2 Å². The van der Waals surface area contributed by atoms with E-state index in [0.717, 1.165) is 14.7 Å². The van der Waals surface area contributed by atoms with Crippen molar-refractivity contribution in [2.45, 2.75) is 38.9 Å². The summed E-state index contributed by atoms with van der Waals surface area (Å²) in [6.07, 6.45) is 4.35. The summed E-state index contributed by atoms with van der Waals surface area (Å²) in [6, 6.07) is -2.37. The van der Waals surface area contributed by atoms with Crippen molar-refractivity contribution in [3.8, 4) is 0 Å². The predicted octanol–water partition coefficient (Wildman–Crippen LogP) is -2.86. The van der Waals surface area contributed by atoms with E-state index in [1.54, 1.807) is 0 Å². The second kappa shape index (κ2) is 47.6. The first-order valence-corrected chi connectivity index (χ1v) is 20.1. The molecule has 0 aliphatic heterocycles. The van der Waals surface area contributed by atoms with E-state index in [2.05, 4.69) is 37.2 Å². The summed E-state index contributed by atoms with van der Waals surface area (Å²) in [4.78, 5) is 62.5. The minimum atomic E-state index is -1.03. The Balaban J connectivity index is -0.0000000309. The molecule has 0 rings (SSSR count). The number of nitrogens with zero attached hydrogens (tertiary/aromatic N) is 3. The number of likely N-dealkylation sites (N-methyl/N-ethyl adjacent to an activating group) is 3. The fraction of sp³-hybridized carbons (Fsp3) is 0.600. The number of carbonyl (C=O) groups excluding carboxylic acids is 3. The second-order valence-corrected chi connectivity index (χ2v) is 21.4. The van der Waals surface area contributed by atoms with Gasteiger partial charge in [-0.1, -0.05) is 0 Å². The van der Waals surface area contributed by atoms with Crippen molar-refractivity contribution in [1.29, 1.82) is 0 Å². The Morgan fingerprint density at radius 2 is 0.694 bits per heavy atom. The van der Waals surface area contributed by atoms with Crippen LogP contribution in [-0.4, -0.2) is 106 Å². The molecule has 0 aromatic heterocycles. The number of rotatable bonds is 9. The van der Waals surface area contributed by atoms with Crippen LogP contribution in [0.3, 0.4) is 0 Å². The van der Waals surface area contributed by atoms with Crippen LogP contribution in [0.15, 0.2) is 0 Å². The molecule has 0 aliphatic carbocycles. The first-order valence-electron chi connectivity index (χ1n) is 7.57. The molecule has 36 heavy (non-hydrogen) atoms. The molecule has 0 aromatic rings. The molecule has 0 aromatic carbocycles. The van der Waals surface area contributed by atoms with Crippen LogP contribution < -0.4 is 13.3 Å². The Hall–Kier alpha value is 5.63. The molecule has 1 unspecified atom stereocenters. The molecule has 3 atom stereocenters.